The van der Waals surface area contributed by atoms with E-state index in [1.807, 2.05) is 36.0 Å². The lowest BCUT2D eigenvalue weighted by molar-refractivity contribution is 0.0514. The fourth-order valence-corrected chi connectivity index (χ4v) is 3.75. The average Bonchev–Trinajstić information content (AvgIpc) is 3.08. The molecular formula is C19H26ClN5O. The number of ether oxygens (including phenoxy) is 1. The summed E-state index contributed by atoms with van der Waals surface area (Å²) < 4.78 is 7.45. The number of halogens is 1. The summed E-state index contributed by atoms with van der Waals surface area (Å²) in [6, 6.07) is 10.1. The molecule has 140 valence electrons. The zero-order valence-corrected chi connectivity index (χ0v) is 16.1. The van der Waals surface area contributed by atoms with Crippen molar-refractivity contribution in [2.45, 2.75) is 24.8 Å². The van der Waals surface area contributed by atoms with Crippen molar-refractivity contribution in [3.63, 3.8) is 0 Å². The van der Waals surface area contributed by atoms with Crippen molar-refractivity contribution in [2.24, 2.45) is 12.0 Å². The first-order chi connectivity index (χ1) is 12.6. The van der Waals surface area contributed by atoms with Crippen LogP contribution in [0.15, 0.2) is 41.5 Å². The van der Waals surface area contributed by atoms with E-state index in [-0.39, 0.29) is 5.41 Å². The van der Waals surface area contributed by atoms with Gasteiger partial charge in [-0.2, -0.15) is 5.10 Å². The second-order valence-electron chi connectivity index (χ2n) is 6.60. The van der Waals surface area contributed by atoms with Crippen molar-refractivity contribution in [1.29, 1.82) is 0 Å². The van der Waals surface area contributed by atoms with Crippen LogP contribution in [0.3, 0.4) is 0 Å². The zero-order valence-electron chi connectivity index (χ0n) is 15.3. The molecule has 0 atom stereocenters. The first-order valence-electron chi connectivity index (χ1n) is 8.89. The molecule has 0 aliphatic carbocycles. The van der Waals surface area contributed by atoms with Crippen molar-refractivity contribution in [1.82, 2.24) is 20.4 Å². The number of hydrogen-bond acceptors (Lipinski definition) is 3. The zero-order chi connectivity index (χ0) is 18.4. The number of benzene rings is 1. The van der Waals surface area contributed by atoms with Crippen molar-refractivity contribution in [3.8, 4) is 0 Å². The number of guanidine groups is 1. The van der Waals surface area contributed by atoms with E-state index in [4.69, 9.17) is 16.3 Å². The molecular weight excluding hydrogens is 350 g/mol. The van der Waals surface area contributed by atoms with E-state index in [0.29, 0.717) is 6.54 Å². The monoisotopic (exact) mass is 375 g/mol. The van der Waals surface area contributed by atoms with Crippen LogP contribution in [-0.4, -0.2) is 42.5 Å². The van der Waals surface area contributed by atoms with Gasteiger partial charge in [0, 0.05) is 50.5 Å². The molecule has 1 fully saturated rings. The summed E-state index contributed by atoms with van der Waals surface area (Å²) in [6.45, 7) is 2.91. The molecule has 1 aromatic carbocycles. The first-order valence-corrected chi connectivity index (χ1v) is 9.26. The molecule has 2 aromatic rings. The van der Waals surface area contributed by atoms with E-state index in [2.05, 4.69) is 26.8 Å². The number of aromatic nitrogens is 2. The summed E-state index contributed by atoms with van der Waals surface area (Å²) in [6.07, 6.45) is 3.66. The van der Waals surface area contributed by atoms with E-state index >= 15 is 0 Å². The van der Waals surface area contributed by atoms with Crippen LogP contribution in [0.1, 0.15) is 24.1 Å². The second-order valence-corrected chi connectivity index (χ2v) is 7.01. The summed E-state index contributed by atoms with van der Waals surface area (Å²) in [5.74, 6) is 0.768. The third kappa shape index (κ3) is 4.19. The van der Waals surface area contributed by atoms with Gasteiger partial charge in [0.25, 0.3) is 0 Å². The number of rotatable bonds is 5. The number of hydrogen-bond donors (Lipinski definition) is 2. The van der Waals surface area contributed by atoms with Crippen molar-refractivity contribution in [2.75, 3.05) is 26.8 Å². The van der Waals surface area contributed by atoms with Gasteiger partial charge in [-0.3, -0.25) is 9.67 Å². The highest BCUT2D eigenvalue weighted by molar-refractivity contribution is 6.31. The Morgan fingerprint density at radius 1 is 1.27 bits per heavy atom. The minimum absolute atomic E-state index is 0.0548. The molecule has 1 aliphatic rings. The predicted molar refractivity (Wildman–Crippen MR) is 105 cm³/mol. The van der Waals surface area contributed by atoms with E-state index in [0.717, 1.165) is 49.3 Å². The van der Waals surface area contributed by atoms with Gasteiger partial charge in [0.05, 0.1) is 12.2 Å². The molecule has 3 rings (SSSR count). The Hall–Kier alpha value is -2.05. The summed E-state index contributed by atoms with van der Waals surface area (Å²) >= 11 is 6.52. The minimum atomic E-state index is -0.0548. The quantitative estimate of drug-likeness (QED) is 0.622. The maximum Gasteiger partial charge on any atom is 0.191 e. The van der Waals surface area contributed by atoms with Crippen molar-refractivity contribution >= 4 is 17.6 Å². The highest BCUT2D eigenvalue weighted by Crippen LogP contribution is 2.38. The molecule has 2 heterocycles. The van der Waals surface area contributed by atoms with Crippen molar-refractivity contribution < 1.29 is 4.74 Å². The van der Waals surface area contributed by atoms with Gasteiger partial charge in [0.15, 0.2) is 5.96 Å². The van der Waals surface area contributed by atoms with Crippen LogP contribution in [0.2, 0.25) is 5.02 Å². The van der Waals surface area contributed by atoms with Gasteiger partial charge in [-0.1, -0.05) is 29.8 Å². The van der Waals surface area contributed by atoms with Gasteiger partial charge in [0.1, 0.15) is 0 Å². The largest absolute Gasteiger partial charge is 0.381 e. The summed E-state index contributed by atoms with van der Waals surface area (Å²) in [5, 5.41) is 11.8. The Balaban J connectivity index is 1.69. The molecule has 7 heteroatoms. The molecule has 0 bridgehead atoms. The van der Waals surface area contributed by atoms with Crippen LogP contribution in [0.5, 0.6) is 0 Å². The lowest BCUT2D eigenvalue weighted by atomic mass is 9.74. The van der Waals surface area contributed by atoms with Crippen LogP contribution in [0.4, 0.5) is 0 Å². The molecule has 0 amide bonds. The van der Waals surface area contributed by atoms with Gasteiger partial charge in [-0.25, -0.2) is 0 Å². The molecule has 0 radical (unpaired) electrons. The molecule has 1 aromatic heterocycles. The van der Waals surface area contributed by atoms with Crippen LogP contribution in [-0.2, 0) is 23.7 Å². The topological polar surface area (TPSA) is 63.5 Å². The second kappa shape index (κ2) is 8.56. The Morgan fingerprint density at radius 3 is 2.69 bits per heavy atom. The molecule has 0 spiro atoms. The van der Waals surface area contributed by atoms with E-state index in [9.17, 15) is 0 Å². The smallest absolute Gasteiger partial charge is 0.191 e. The van der Waals surface area contributed by atoms with Gasteiger partial charge in [-0.15, -0.1) is 0 Å². The van der Waals surface area contributed by atoms with Gasteiger partial charge in [-0.05, 0) is 30.5 Å². The average molecular weight is 376 g/mol. The Bertz CT molecular complexity index is 752. The number of aryl methyl sites for hydroxylation is 1. The Morgan fingerprint density at radius 2 is 2.04 bits per heavy atom. The van der Waals surface area contributed by atoms with Crippen LogP contribution in [0.25, 0.3) is 0 Å². The number of aliphatic imine (C=N–C) groups is 1. The Labute approximate surface area is 159 Å². The van der Waals surface area contributed by atoms with Crippen LogP contribution < -0.4 is 10.6 Å². The van der Waals surface area contributed by atoms with Crippen LogP contribution in [0, 0.1) is 0 Å². The molecule has 6 nitrogen and oxygen atoms in total. The third-order valence-corrected chi connectivity index (χ3v) is 5.40. The number of nitrogens with zero attached hydrogens (tertiary/aromatic N) is 3. The van der Waals surface area contributed by atoms with Crippen molar-refractivity contribution in [3.05, 3.63) is 52.8 Å². The molecule has 1 saturated heterocycles. The summed E-state index contributed by atoms with van der Waals surface area (Å²) in [4.78, 5) is 4.35. The lowest BCUT2D eigenvalue weighted by Gasteiger charge is -2.38. The predicted octanol–water partition coefficient (Wildman–Crippen LogP) is 2.49. The highest BCUT2D eigenvalue weighted by Gasteiger charge is 2.36. The first kappa shape index (κ1) is 18.7. The summed E-state index contributed by atoms with van der Waals surface area (Å²) in [5.41, 5.74) is 2.22. The van der Waals surface area contributed by atoms with E-state index in [1.54, 1.807) is 13.2 Å². The highest BCUT2D eigenvalue weighted by atomic mass is 35.5. The SMILES string of the molecule is CN=C(NCc1ccnn1C)NCC1(c2ccccc2Cl)CCOCC1. The lowest BCUT2D eigenvalue weighted by Crippen LogP contribution is -2.48. The summed E-state index contributed by atoms with van der Waals surface area (Å²) in [7, 11) is 3.71. The molecule has 2 N–H and O–H groups in total. The molecule has 0 unspecified atom stereocenters. The molecule has 1 aliphatic heterocycles. The molecule has 0 saturated carbocycles. The van der Waals surface area contributed by atoms with E-state index < -0.39 is 0 Å². The van der Waals surface area contributed by atoms with Gasteiger partial charge in [0.2, 0.25) is 0 Å². The van der Waals surface area contributed by atoms with Crippen LogP contribution >= 0.6 is 11.6 Å². The fourth-order valence-electron chi connectivity index (χ4n) is 3.42. The van der Waals surface area contributed by atoms with Gasteiger partial charge >= 0.3 is 0 Å². The maximum atomic E-state index is 6.52. The van der Waals surface area contributed by atoms with E-state index in [1.165, 1.54) is 5.56 Å². The number of nitrogens with one attached hydrogen (secondary N) is 2. The minimum Gasteiger partial charge on any atom is -0.381 e. The third-order valence-electron chi connectivity index (χ3n) is 5.07. The fraction of sp³-hybridized carbons (Fsp3) is 0.474. The molecule has 26 heavy (non-hydrogen) atoms. The van der Waals surface area contributed by atoms with Gasteiger partial charge < -0.3 is 15.4 Å². The Kier molecular flexibility index (Phi) is 6.16. The standard InChI is InChI=1S/C19H26ClN5O/c1-21-18(22-13-15-7-10-24-25(15)2)23-14-19(8-11-26-12-9-19)16-5-3-4-6-17(16)20/h3-7,10H,8-9,11-14H2,1-2H3,(H2,21,22,23). The maximum absolute atomic E-state index is 6.52. The normalized spacial score (nSPS) is 17.1.